The van der Waals surface area contributed by atoms with Gasteiger partial charge < -0.3 is 0 Å². The second-order valence-electron chi connectivity index (χ2n) is 15.1. The van der Waals surface area contributed by atoms with Crippen LogP contribution < -0.4 is 0 Å². The number of rotatable bonds is 6. The molecule has 46 heavy (non-hydrogen) atoms. The van der Waals surface area contributed by atoms with Crippen LogP contribution in [0.2, 0.25) is 33.2 Å². The van der Waals surface area contributed by atoms with Crippen LogP contribution in [-0.2, 0) is 0 Å². The van der Waals surface area contributed by atoms with E-state index in [9.17, 15) is 4.79 Å². The van der Waals surface area contributed by atoms with Crippen molar-refractivity contribution < 1.29 is 4.79 Å². The second kappa shape index (κ2) is 12.6. The number of hydrogen-bond donors (Lipinski definition) is 0. The third-order valence-corrected chi connectivity index (χ3v) is 23.6. The molecule has 0 saturated carbocycles. The molecule has 5 heteroatoms. The Morgan fingerprint density at radius 3 is 1.24 bits per heavy atom. The summed E-state index contributed by atoms with van der Waals surface area (Å²) < 4.78 is 0. The molecule has 238 valence electrons. The van der Waals surface area contributed by atoms with Crippen molar-refractivity contribution in [3.63, 3.8) is 0 Å². The van der Waals surface area contributed by atoms with Crippen molar-refractivity contribution in [2.24, 2.45) is 0 Å². The normalized spacial score (nSPS) is 13.2. The SMILES string of the molecule is CC(C)[Si](C#Cc1c2ccccc2c(C#C[Si](C(C)C)(C(C)C)C(C)C)c2nc3c(nc12)C(=O)c1ccccc1-3)(C(C)C)C(C)C. The lowest BCUT2D eigenvalue weighted by Crippen LogP contribution is -2.43. The van der Waals surface area contributed by atoms with Gasteiger partial charge in [-0.15, -0.1) is 11.1 Å². The van der Waals surface area contributed by atoms with Crippen molar-refractivity contribution in [3.05, 3.63) is 70.9 Å². The number of aromatic nitrogens is 2. The molecule has 0 unspecified atom stereocenters. The third kappa shape index (κ3) is 5.17. The number of hydrogen-bond acceptors (Lipinski definition) is 3. The van der Waals surface area contributed by atoms with Gasteiger partial charge in [-0.2, -0.15) is 0 Å². The zero-order valence-electron chi connectivity index (χ0n) is 29.9. The fourth-order valence-corrected chi connectivity index (χ4v) is 19.2. The maximum atomic E-state index is 13.7. The topological polar surface area (TPSA) is 42.9 Å². The molecule has 0 N–H and O–H groups in total. The Bertz CT molecular complexity index is 1920. The van der Waals surface area contributed by atoms with Crippen LogP contribution in [0.3, 0.4) is 0 Å². The van der Waals surface area contributed by atoms with Crippen LogP contribution in [0.4, 0.5) is 0 Å². The Labute approximate surface area is 279 Å². The number of nitrogens with zero attached hydrogens (tertiary/aromatic N) is 2. The molecular weight excluding hydrogens is 593 g/mol. The van der Waals surface area contributed by atoms with Crippen molar-refractivity contribution in [2.75, 3.05) is 0 Å². The Hall–Kier alpha value is -3.52. The van der Waals surface area contributed by atoms with Crippen molar-refractivity contribution in [1.29, 1.82) is 0 Å². The zero-order chi connectivity index (χ0) is 33.7. The van der Waals surface area contributed by atoms with Crippen LogP contribution in [0, 0.1) is 22.9 Å². The maximum absolute atomic E-state index is 13.7. The van der Waals surface area contributed by atoms with Gasteiger partial charge in [-0.3, -0.25) is 4.79 Å². The first-order valence-corrected chi connectivity index (χ1v) is 21.6. The molecule has 1 aliphatic rings. The van der Waals surface area contributed by atoms with E-state index in [0.29, 0.717) is 55.7 Å². The van der Waals surface area contributed by atoms with Gasteiger partial charge in [-0.25, -0.2) is 9.97 Å². The quantitative estimate of drug-likeness (QED) is 0.105. The van der Waals surface area contributed by atoms with E-state index >= 15 is 0 Å². The number of ketones is 1. The third-order valence-electron chi connectivity index (χ3n) is 11.0. The van der Waals surface area contributed by atoms with E-state index in [0.717, 1.165) is 33.0 Å². The summed E-state index contributed by atoms with van der Waals surface area (Å²) in [6.07, 6.45) is 0. The Balaban J connectivity index is 1.96. The van der Waals surface area contributed by atoms with Gasteiger partial charge in [0.25, 0.3) is 0 Å². The predicted octanol–water partition coefficient (Wildman–Crippen LogP) is 11.1. The minimum atomic E-state index is -2.06. The Morgan fingerprint density at radius 2 is 0.848 bits per heavy atom. The molecule has 0 bridgehead atoms. The van der Waals surface area contributed by atoms with E-state index in [-0.39, 0.29) is 5.78 Å². The summed E-state index contributed by atoms with van der Waals surface area (Å²) in [5, 5.41) is 2.10. The average Bonchev–Trinajstić information content (AvgIpc) is 3.27. The fraction of sp³-hybridized carbons (Fsp3) is 0.439. The van der Waals surface area contributed by atoms with Crippen molar-refractivity contribution in [1.82, 2.24) is 9.97 Å². The van der Waals surface area contributed by atoms with Crippen LogP contribution in [0.5, 0.6) is 0 Å². The van der Waals surface area contributed by atoms with E-state index in [4.69, 9.17) is 9.97 Å². The van der Waals surface area contributed by atoms with Gasteiger partial charge in [0.05, 0.1) is 11.1 Å². The fourth-order valence-electron chi connectivity index (χ4n) is 8.78. The highest BCUT2D eigenvalue weighted by Gasteiger charge is 2.43. The molecular formula is C41H50N2OSi2. The van der Waals surface area contributed by atoms with Gasteiger partial charge in [0.15, 0.2) is 0 Å². The van der Waals surface area contributed by atoms with Crippen molar-refractivity contribution in [2.45, 2.75) is 116 Å². The van der Waals surface area contributed by atoms with Gasteiger partial charge in [-0.05, 0) is 33.2 Å². The molecule has 1 aromatic heterocycles. The summed E-state index contributed by atoms with van der Waals surface area (Å²) in [7, 11) is -4.11. The summed E-state index contributed by atoms with van der Waals surface area (Å²) in [6, 6.07) is 16.2. The number of fused-ring (bicyclic) bond motifs is 5. The molecule has 0 spiro atoms. The standard InChI is InChI=1S/C41H50N2OSi2/c1-25(2)45(26(3)4,27(5)6)23-21-34-31-17-13-14-18-32(31)35(22-24-46(28(7)8,29(9)10)30(11)12)38-37(34)42-39-33-19-15-16-20-36(33)41(44)40(39)43-38/h13-20,25-30H,1-12H3. The summed E-state index contributed by atoms with van der Waals surface area (Å²) >= 11 is 0. The summed E-state index contributed by atoms with van der Waals surface area (Å²) in [5.74, 6) is 7.47. The summed E-state index contributed by atoms with van der Waals surface area (Å²) in [6.45, 7) is 28.1. The molecule has 3 nitrogen and oxygen atoms in total. The number of carbonyl (C=O) groups excluding carboxylic acids is 1. The largest absolute Gasteiger partial charge is 0.287 e. The highest BCUT2D eigenvalue weighted by molar-refractivity contribution is 6.91. The van der Waals surface area contributed by atoms with E-state index in [1.54, 1.807) is 0 Å². The molecule has 0 fully saturated rings. The molecule has 0 saturated heterocycles. The minimum absolute atomic E-state index is 0.0687. The summed E-state index contributed by atoms with van der Waals surface area (Å²) in [4.78, 5) is 24.2. The molecule has 4 aromatic rings. The highest BCUT2D eigenvalue weighted by atomic mass is 28.3. The van der Waals surface area contributed by atoms with Crippen LogP contribution >= 0.6 is 0 Å². The Kier molecular flexibility index (Phi) is 9.26. The molecule has 0 aliphatic heterocycles. The summed E-state index contributed by atoms with van der Waals surface area (Å²) in [5.41, 5.74) is 16.7. The lowest BCUT2D eigenvalue weighted by molar-refractivity contribution is 0.103. The minimum Gasteiger partial charge on any atom is -0.287 e. The molecule has 3 aromatic carbocycles. The van der Waals surface area contributed by atoms with Crippen molar-refractivity contribution in [3.8, 4) is 34.2 Å². The van der Waals surface area contributed by atoms with Crippen LogP contribution in [0.25, 0.3) is 33.1 Å². The molecule has 1 heterocycles. The zero-order valence-corrected chi connectivity index (χ0v) is 31.9. The number of benzene rings is 3. The van der Waals surface area contributed by atoms with Crippen LogP contribution in [0.15, 0.2) is 48.5 Å². The second-order valence-corrected chi connectivity index (χ2v) is 26.2. The maximum Gasteiger partial charge on any atom is 0.214 e. The van der Waals surface area contributed by atoms with E-state index in [1.165, 1.54) is 0 Å². The smallest absolute Gasteiger partial charge is 0.214 e. The lowest BCUT2D eigenvalue weighted by Gasteiger charge is -2.38. The van der Waals surface area contributed by atoms with E-state index in [1.807, 2.05) is 24.3 Å². The molecule has 0 radical (unpaired) electrons. The van der Waals surface area contributed by atoms with Gasteiger partial charge in [0.1, 0.15) is 38.6 Å². The Morgan fingerprint density at radius 1 is 0.500 bits per heavy atom. The van der Waals surface area contributed by atoms with E-state index < -0.39 is 16.1 Å². The number of carbonyl (C=O) groups is 1. The lowest BCUT2D eigenvalue weighted by atomic mass is 9.97. The first-order valence-electron chi connectivity index (χ1n) is 17.2. The van der Waals surface area contributed by atoms with E-state index in [2.05, 4.69) is 130 Å². The van der Waals surface area contributed by atoms with Crippen molar-refractivity contribution >= 4 is 43.7 Å². The van der Waals surface area contributed by atoms with Crippen LogP contribution in [0.1, 0.15) is 110 Å². The predicted molar refractivity (Wildman–Crippen MR) is 202 cm³/mol. The van der Waals surface area contributed by atoms with Gasteiger partial charge in [0, 0.05) is 21.9 Å². The van der Waals surface area contributed by atoms with Crippen LogP contribution in [-0.4, -0.2) is 31.9 Å². The van der Waals surface area contributed by atoms with Gasteiger partial charge in [-0.1, -0.05) is 143 Å². The monoisotopic (exact) mass is 642 g/mol. The molecule has 0 amide bonds. The first-order chi connectivity index (χ1) is 21.7. The average molecular weight is 643 g/mol. The first kappa shape index (κ1) is 33.8. The molecule has 0 atom stereocenters. The van der Waals surface area contributed by atoms with Gasteiger partial charge >= 0.3 is 0 Å². The molecule has 5 rings (SSSR count). The van der Waals surface area contributed by atoms with Gasteiger partial charge in [0.2, 0.25) is 5.78 Å². The highest BCUT2D eigenvalue weighted by Crippen LogP contribution is 2.43. The molecule has 1 aliphatic carbocycles.